The number of nitrogens with zero attached hydrogens (tertiary/aromatic N) is 1. The summed E-state index contributed by atoms with van der Waals surface area (Å²) in [6, 6.07) is 8.56. The lowest BCUT2D eigenvalue weighted by Gasteiger charge is -2.27. The van der Waals surface area contributed by atoms with Crippen molar-refractivity contribution in [2.75, 3.05) is 11.9 Å². The third-order valence-corrected chi connectivity index (χ3v) is 4.35. The number of hydrogen-bond acceptors (Lipinski definition) is 1. The Hall–Kier alpha value is -2.54. The van der Waals surface area contributed by atoms with Gasteiger partial charge >= 0.3 is 0 Å². The lowest BCUT2D eigenvalue weighted by Crippen LogP contribution is -2.17. The maximum atomic E-state index is 3.99. The molecule has 1 nitrogen and oxygen atoms in total. The van der Waals surface area contributed by atoms with E-state index < -0.39 is 0 Å². The molecule has 0 aliphatic heterocycles. The molecular weight excluding hydrogens is 290 g/mol. The van der Waals surface area contributed by atoms with E-state index in [4.69, 9.17) is 0 Å². The highest BCUT2D eigenvalue weighted by molar-refractivity contribution is 5.83. The van der Waals surface area contributed by atoms with Crippen LogP contribution in [-0.4, -0.2) is 7.05 Å². The first-order chi connectivity index (χ1) is 11.6. The largest absolute Gasteiger partial charge is 0.344 e. The third kappa shape index (κ3) is 3.86. The molecular formula is C23H27N. The molecule has 0 radical (unpaired) electrons. The quantitative estimate of drug-likeness (QED) is 0.556. The highest BCUT2D eigenvalue weighted by Gasteiger charge is 2.18. The summed E-state index contributed by atoms with van der Waals surface area (Å²) >= 11 is 0. The smallest absolute Gasteiger partial charge is 0.0484 e. The molecule has 1 aromatic rings. The molecule has 0 saturated carbocycles. The molecule has 1 atom stereocenters. The van der Waals surface area contributed by atoms with E-state index in [1.54, 1.807) is 0 Å². The molecule has 0 N–H and O–H groups in total. The van der Waals surface area contributed by atoms with Crippen molar-refractivity contribution in [1.29, 1.82) is 0 Å². The number of allylic oxidation sites excluding steroid dienone is 9. The third-order valence-electron chi connectivity index (χ3n) is 4.35. The van der Waals surface area contributed by atoms with Crippen molar-refractivity contribution in [3.8, 4) is 0 Å². The summed E-state index contributed by atoms with van der Waals surface area (Å²) in [6.45, 7) is 12.2. The highest BCUT2D eigenvalue weighted by atomic mass is 15.1. The van der Waals surface area contributed by atoms with Gasteiger partial charge in [-0.15, -0.1) is 0 Å². The first kappa shape index (κ1) is 17.8. The minimum atomic E-state index is 0.541. The van der Waals surface area contributed by atoms with E-state index in [1.165, 1.54) is 22.4 Å². The van der Waals surface area contributed by atoms with E-state index in [0.717, 1.165) is 12.1 Å². The summed E-state index contributed by atoms with van der Waals surface area (Å²) in [7, 11) is 2.09. The van der Waals surface area contributed by atoms with Crippen molar-refractivity contribution in [2.45, 2.75) is 20.3 Å². The van der Waals surface area contributed by atoms with Crippen LogP contribution in [0.3, 0.4) is 0 Å². The topological polar surface area (TPSA) is 3.24 Å². The van der Waals surface area contributed by atoms with E-state index in [9.17, 15) is 0 Å². The summed E-state index contributed by atoms with van der Waals surface area (Å²) < 4.78 is 0. The molecule has 0 spiro atoms. The van der Waals surface area contributed by atoms with E-state index >= 15 is 0 Å². The Morgan fingerprint density at radius 2 is 2.00 bits per heavy atom. The molecule has 24 heavy (non-hydrogen) atoms. The Bertz CT molecular complexity index is 728. The van der Waals surface area contributed by atoms with Gasteiger partial charge in [0.2, 0.25) is 0 Å². The molecule has 0 fully saturated rings. The number of likely N-dealkylation sites (N-methyl/N-ethyl adjacent to an activating group) is 1. The van der Waals surface area contributed by atoms with E-state index in [1.807, 2.05) is 31.2 Å². The van der Waals surface area contributed by atoms with Crippen molar-refractivity contribution in [3.05, 3.63) is 96.8 Å². The van der Waals surface area contributed by atoms with Crippen molar-refractivity contribution >= 4 is 11.3 Å². The summed E-state index contributed by atoms with van der Waals surface area (Å²) in [5, 5.41) is 0. The predicted octanol–water partition coefficient (Wildman–Crippen LogP) is 6.30. The second kappa shape index (κ2) is 8.35. The monoisotopic (exact) mass is 317 g/mol. The molecule has 1 aromatic carbocycles. The zero-order chi connectivity index (χ0) is 17.5. The molecule has 1 heteroatoms. The SMILES string of the molecule is C=CC1=C(c2ccccc2N(C)/C(C=C)=C/C=C\C)CC(C)C=C1. The molecule has 0 bridgehead atoms. The van der Waals surface area contributed by atoms with Gasteiger partial charge in [0.1, 0.15) is 0 Å². The molecule has 1 unspecified atom stereocenters. The molecule has 0 aromatic heterocycles. The lowest BCUT2D eigenvalue weighted by molar-refractivity contribution is 0.745. The van der Waals surface area contributed by atoms with Gasteiger partial charge in [0.05, 0.1) is 0 Å². The average Bonchev–Trinajstić information content (AvgIpc) is 2.62. The molecule has 1 aliphatic carbocycles. The predicted molar refractivity (Wildman–Crippen MR) is 108 cm³/mol. The number of benzene rings is 1. The van der Waals surface area contributed by atoms with Gasteiger partial charge in [0, 0.05) is 24.0 Å². The van der Waals surface area contributed by atoms with Gasteiger partial charge in [0.15, 0.2) is 0 Å². The molecule has 0 saturated heterocycles. The Kier molecular flexibility index (Phi) is 6.20. The van der Waals surface area contributed by atoms with Crippen LogP contribution in [0.5, 0.6) is 0 Å². The second-order valence-electron chi connectivity index (χ2n) is 6.08. The van der Waals surface area contributed by atoms with Crippen molar-refractivity contribution in [1.82, 2.24) is 0 Å². The number of rotatable bonds is 6. The first-order valence-corrected chi connectivity index (χ1v) is 8.44. The summed E-state index contributed by atoms with van der Waals surface area (Å²) in [4.78, 5) is 2.19. The normalized spacial score (nSPS) is 18.1. The van der Waals surface area contributed by atoms with Crippen LogP contribution in [0, 0.1) is 5.92 Å². The molecule has 0 amide bonds. The van der Waals surface area contributed by atoms with Crippen LogP contribution >= 0.6 is 0 Å². The highest BCUT2D eigenvalue weighted by Crippen LogP contribution is 2.37. The standard InChI is InChI=1S/C23H27N/c1-6-9-12-20(8-3)24(5)23-14-11-10-13-21(23)22-17-18(4)15-16-19(22)7-2/h6-16,18H,2-3,17H2,1,4-5H3/b9-6-,20-12+. The number of para-hydroxylation sites is 1. The number of anilines is 1. The Balaban J connectivity index is 2.55. The first-order valence-electron chi connectivity index (χ1n) is 8.44. The minimum Gasteiger partial charge on any atom is -0.344 e. The van der Waals surface area contributed by atoms with E-state index in [0.29, 0.717) is 5.92 Å². The Morgan fingerprint density at radius 1 is 1.25 bits per heavy atom. The van der Waals surface area contributed by atoms with Crippen molar-refractivity contribution in [3.63, 3.8) is 0 Å². The zero-order valence-corrected chi connectivity index (χ0v) is 15.0. The van der Waals surface area contributed by atoms with Crippen LogP contribution in [0.2, 0.25) is 0 Å². The molecule has 0 heterocycles. The fraction of sp³-hybridized carbons (Fsp3) is 0.217. The van der Waals surface area contributed by atoms with Crippen molar-refractivity contribution < 1.29 is 0 Å². The van der Waals surface area contributed by atoms with Crippen LogP contribution in [0.4, 0.5) is 5.69 Å². The molecule has 124 valence electrons. The van der Waals surface area contributed by atoms with Crippen LogP contribution in [-0.2, 0) is 0 Å². The zero-order valence-electron chi connectivity index (χ0n) is 15.0. The lowest BCUT2D eigenvalue weighted by atomic mass is 9.85. The van der Waals surface area contributed by atoms with Crippen LogP contribution in [0.1, 0.15) is 25.8 Å². The van der Waals surface area contributed by atoms with E-state index in [-0.39, 0.29) is 0 Å². The minimum absolute atomic E-state index is 0.541. The van der Waals surface area contributed by atoms with E-state index in [2.05, 4.69) is 74.5 Å². The number of hydrogen-bond donors (Lipinski definition) is 0. The van der Waals surface area contributed by atoms with Gasteiger partial charge in [-0.05, 0) is 48.6 Å². The van der Waals surface area contributed by atoms with Crippen LogP contribution < -0.4 is 4.90 Å². The van der Waals surface area contributed by atoms with Gasteiger partial charge in [-0.1, -0.05) is 68.7 Å². The molecule has 1 aliphatic rings. The van der Waals surface area contributed by atoms with Gasteiger partial charge in [0.25, 0.3) is 0 Å². The summed E-state index contributed by atoms with van der Waals surface area (Å²) in [6.07, 6.45) is 15.5. The average molecular weight is 317 g/mol. The van der Waals surface area contributed by atoms with Gasteiger partial charge < -0.3 is 4.90 Å². The fourth-order valence-electron chi connectivity index (χ4n) is 3.01. The Morgan fingerprint density at radius 3 is 2.67 bits per heavy atom. The van der Waals surface area contributed by atoms with Gasteiger partial charge in [-0.3, -0.25) is 0 Å². The maximum absolute atomic E-state index is 3.99. The second-order valence-corrected chi connectivity index (χ2v) is 6.08. The summed E-state index contributed by atoms with van der Waals surface area (Å²) in [5.74, 6) is 0.541. The van der Waals surface area contributed by atoms with Gasteiger partial charge in [-0.25, -0.2) is 0 Å². The Labute approximate surface area is 146 Å². The molecule has 2 rings (SSSR count). The van der Waals surface area contributed by atoms with Crippen molar-refractivity contribution in [2.24, 2.45) is 5.92 Å². The van der Waals surface area contributed by atoms with Crippen LogP contribution in [0.25, 0.3) is 5.57 Å². The fourth-order valence-corrected chi connectivity index (χ4v) is 3.01. The van der Waals surface area contributed by atoms with Gasteiger partial charge in [-0.2, -0.15) is 0 Å². The summed E-state index contributed by atoms with van der Waals surface area (Å²) in [5.41, 5.74) is 6.09. The maximum Gasteiger partial charge on any atom is 0.0484 e. The van der Waals surface area contributed by atoms with Crippen LogP contribution in [0.15, 0.2) is 91.2 Å².